The number of carbonyl (C=O) groups excluding carboxylic acids is 1. The minimum absolute atomic E-state index is 0.0174. The van der Waals surface area contributed by atoms with Crippen molar-refractivity contribution in [2.24, 2.45) is 0 Å². The van der Waals surface area contributed by atoms with Gasteiger partial charge in [0, 0.05) is 12.6 Å². The number of likely N-dealkylation sites (tertiary alicyclic amines) is 1. The summed E-state index contributed by atoms with van der Waals surface area (Å²) in [4.78, 5) is 13.3. The Morgan fingerprint density at radius 1 is 1.35 bits per heavy atom. The fourth-order valence-corrected chi connectivity index (χ4v) is 2.50. The highest BCUT2D eigenvalue weighted by Crippen LogP contribution is 2.23. The van der Waals surface area contributed by atoms with E-state index in [4.69, 9.17) is 0 Å². The Morgan fingerprint density at radius 3 is 2.71 bits per heavy atom. The van der Waals surface area contributed by atoms with Gasteiger partial charge in [0.1, 0.15) is 12.1 Å². The Hall–Kier alpha value is -1.22. The van der Waals surface area contributed by atoms with E-state index in [-0.39, 0.29) is 11.9 Å². The maximum absolute atomic E-state index is 12.8. The van der Waals surface area contributed by atoms with Gasteiger partial charge >= 0.3 is 0 Å². The molecule has 0 aromatic heterocycles. The van der Waals surface area contributed by atoms with E-state index >= 15 is 0 Å². The minimum Gasteiger partial charge on any atom is -0.302 e. The van der Waals surface area contributed by atoms with Crippen molar-refractivity contribution < 1.29 is 9.18 Å². The fourth-order valence-electron chi connectivity index (χ4n) is 2.50. The highest BCUT2D eigenvalue weighted by molar-refractivity contribution is 5.57. The first-order valence-corrected chi connectivity index (χ1v) is 6.16. The van der Waals surface area contributed by atoms with Crippen molar-refractivity contribution in [1.82, 2.24) is 4.90 Å². The molecule has 17 heavy (non-hydrogen) atoms. The van der Waals surface area contributed by atoms with Crippen LogP contribution in [0, 0.1) is 5.82 Å². The summed E-state index contributed by atoms with van der Waals surface area (Å²) in [6.07, 6.45) is 4.23. The summed E-state index contributed by atoms with van der Waals surface area (Å²) in [6, 6.07) is 6.96. The summed E-state index contributed by atoms with van der Waals surface area (Å²) < 4.78 is 12.8. The zero-order valence-electron chi connectivity index (χ0n) is 10.1. The van der Waals surface area contributed by atoms with Crippen LogP contribution in [0.1, 0.15) is 31.7 Å². The lowest BCUT2D eigenvalue weighted by atomic mass is 9.96. The molecule has 0 bridgehead atoms. The van der Waals surface area contributed by atoms with Gasteiger partial charge in [-0.25, -0.2) is 4.39 Å². The van der Waals surface area contributed by atoms with Gasteiger partial charge in [0.15, 0.2) is 0 Å². The number of hydrogen-bond donors (Lipinski definition) is 0. The second-order valence-corrected chi connectivity index (χ2v) is 4.78. The number of benzene rings is 1. The zero-order valence-corrected chi connectivity index (χ0v) is 10.1. The van der Waals surface area contributed by atoms with E-state index in [2.05, 4.69) is 11.8 Å². The lowest BCUT2D eigenvalue weighted by Crippen LogP contribution is -2.45. The van der Waals surface area contributed by atoms with Crippen LogP contribution >= 0.6 is 0 Å². The van der Waals surface area contributed by atoms with E-state index in [0.717, 1.165) is 37.7 Å². The predicted molar refractivity (Wildman–Crippen MR) is 65.1 cm³/mol. The largest absolute Gasteiger partial charge is 0.302 e. The number of nitrogens with zero attached hydrogens (tertiary/aromatic N) is 1. The van der Waals surface area contributed by atoms with Gasteiger partial charge < -0.3 is 4.79 Å². The first kappa shape index (κ1) is 12.2. The Morgan fingerprint density at radius 2 is 2.06 bits per heavy atom. The average Bonchev–Trinajstić information content (AvgIpc) is 2.34. The maximum Gasteiger partial charge on any atom is 0.137 e. The predicted octanol–water partition coefficient (Wildman–Crippen LogP) is 2.77. The smallest absolute Gasteiger partial charge is 0.137 e. The van der Waals surface area contributed by atoms with Crippen molar-refractivity contribution in [2.45, 2.75) is 44.8 Å². The molecule has 0 aliphatic carbocycles. The summed E-state index contributed by atoms with van der Waals surface area (Å²) in [5, 5.41) is 0. The summed E-state index contributed by atoms with van der Waals surface area (Å²) in [5.41, 5.74) is 1.06. The Labute approximate surface area is 101 Å². The first-order valence-electron chi connectivity index (χ1n) is 6.16. The molecule has 1 aliphatic rings. The number of halogens is 1. The molecule has 0 spiro atoms. The highest BCUT2D eigenvalue weighted by Gasteiger charge is 2.27. The summed E-state index contributed by atoms with van der Waals surface area (Å²) in [7, 11) is 0. The lowest BCUT2D eigenvalue weighted by molar-refractivity contribution is -0.114. The molecule has 0 saturated carbocycles. The molecule has 0 amide bonds. The van der Waals surface area contributed by atoms with Crippen LogP contribution in [0.15, 0.2) is 24.3 Å². The van der Waals surface area contributed by atoms with Gasteiger partial charge in [-0.1, -0.05) is 12.1 Å². The molecule has 1 saturated heterocycles. The molecular formula is C14H18FNO. The van der Waals surface area contributed by atoms with Gasteiger partial charge in [-0.2, -0.15) is 0 Å². The zero-order chi connectivity index (χ0) is 12.3. The van der Waals surface area contributed by atoms with E-state index in [0.29, 0.717) is 6.04 Å². The van der Waals surface area contributed by atoms with E-state index in [1.165, 1.54) is 12.1 Å². The number of carbonyl (C=O) groups is 1. The van der Waals surface area contributed by atoms with Crippen molar-refractivity contribution in [3.8, 4) is 0 Å². The van der Waals surface area contributed by atoms with Crippen LogP contribution in [0.3, 0.4) is 0 Å². The van der Waals surface area contributed by atoms with Crippen LogP contribution in [-0.4, -0.2) is 23.3 Å². The fraction of sp³-hybridized carbons (Fsp3) is 0.500. The highest BCUT2D eigenvalue weighted by atomic mass is 19.1. The second-order valence-electron chi connectivity index (χ2n) is 4.78. The van der Waals surface area contributed by atoms with Gasteiger partial charge in [-0.05, 0) is 43.9 Å². The van der Waals surface area contributed by atoms with Crippen molar-refractivity contribution in [3.05, 3.63) is 35.6 Å². The first-order chi connectivity index (χ1) is 8.20. The van der Waals surface area contributed by atoms with Crippen LogP contribution in [0.25, 0.3) is 0 Å². The second kappa shape index (κ2) is 5.41. The molecule has 1 aliphatic heterocycles. The van der Waals surface area contributed by atoms with E-state index in [1.807, 2.05) is 0 Å². The molecule has 1 aromatic carbocycles. The Bertz CT molecular complexity index is 376. The number of piperidine rings is 1. The monoisotopic (exact) mass is 235 g/mol. The van der Waals surface area contributed by atoms with Crippen LogP contribution in [0.5, 0.6) is 0 Å². The van der Waals surface area contributed by atoms with Crippen LogP contribution < -0.4 is 0 Å². The number of hydrogen-bond acceptors (Lipinski definition) is 2. The van der Waals surface area contributed by atoms with E-state index < -0.39 is 0 Å². The summed E-state index contributed by atoms with van der Waals surface area (Å²) in [6.45, 7) is 2.88. The van der Waals surface area contributed by atoms with Gasteiger partial charge in [0.25, 0.3) is 0 Å². The molecule has 0 radical (unpaired) electrons. The third-order valence-corrected chi connectivity index (χ3v) is 3.55. The number of rotatable bonds is 3. The molecule has 0 N–H and O–H groups in total. The van der Waals surface area contributed by atoms with Gasteiger partial charge in [-0.15, -0.1) is 0 Å². The SMILES string of the molecule is CC1CCCC(C=O)N1Cc1ccc(F)cc1. The molecule has 2 rings (SSSR count). The van der Waals surface area contributed by atoms with Gasteiger partial charge in [0.2, 0.25) is 0 Å². The molecule has 1 aromatic rings. The maximum atomic E-state index is 12.8. The summed E-state index contributed by atoms with van der Waals surface area (Å²) in [5.74, 6) is -0.215. The van der Waals surface area contributed by atoms with Crippen LogP contribution in [0.2, 0.25) is 0 Å². The quantitative estimate of drug-likeness (QED) is 0.751. The van der Waals surface area contributed by atoms with Crippen LogP contribution in [0.4, 0.5) is 4.39 Å². The molecule has 3 heteroatoms. The van der Waals surface area contributed by atoms with Crippen molar-refractivity contribution in [1.29, 1.82) is 0 Å². The Kier molecular flexibility index (Phi) is 3.89. The van der Waals surface area contributed by atoms with Crippen molar-refractivity contribution in [3.63, 3.8) is 0 Å². The van der Waals surface area contributed by atoms with Gasteiger partial charge in [-0.3, -0.25) is 4.90 Å². The molecule has 2 nitrogen and oxygen atoms in total. The number of aldehydes is 1. The molecule has 2 atom stereocenters. The lowest BCUT2D eigenvalue weighted by Gasteiger charge is -2.38. The van der Waals surface area contributed by atoms with Crippen molar-refractivity contribution in [2.75, 3.05) is 0 Å². The van der Waals surface area contributed by atoms with Gasteiger partial charge in [0.05, 0.1) is 6.04 Å². The molecule has 92 valence electrons. The van der Waals surface area contributed by atoms with E-state index in [9.17, 15) is 9.18 Å². The molecule has 1 fully saturated rings. The normalized spacial score (nSPS) is 25.8. The average molecular weight is 235 g/mol. The van der Waals surface area contributed by atoms with E-state index in [1.54, 1.807) is 12.1 Å². The topological polar surface area (TPSA) is 20.3 Å². The minimum atomic E-state index is -0.215. The van der Waals surface area contributed by atoms with Crippen molar-refractivity contribution >= 4 is 6.29 Å². The molecular weight excluding hydrogens is 217 g/mol. The van der Waals surface area contributed by atoms with Crippen LogP contribution in [-0.2, 0) is 11.3 Å². The third-order valence-electron chi connectivity index (χ3n) is 3.55. The molecule has 1 heterocycles. The molecule has 2 unspecified atom stereocenters. The summed E-state index contributed by atoms with van der Waals surface area (Å²) >= 11 is 0. The standard InChI is InChI=1S/C14H18FNO/c1-11-3-2-4-14(10-17)16(11)9-12-5-7-13(15)8-6-12/h5-8,10-11,14H,2-4,9H2,1H3. The Balaban J connectivity index is 2.09. The third kappa shape index (κ3) is 2.91.